The zero-order valence-corrected chi connectivity index (χ0v) is 12.6. The molecule has 18 heavy (non-hydrogen) atoms. The molecule has 0 saturated carbocycles. The molecule has 1 atom stereocenters. The van der Waals surface area contributed by atoms with Crippen molar-refractivity contribution in [2.24, 2.45) is 0 Å². The second-order valence-electron chi connectivity index (χ2n) is 3.98. The Hall–Kier alpha value is -0.710. The average molecular weight is 374 g/mol. The van der Waals surface area contributed by atoms with Crippen LogP contribution in [0.3, 0.4) is 0 Å². The first-order valence-electron chi connectivity index (χ1n) is 5.44. The molecule has 0 aromatic heterocycles. The predicted octanol–water partition coefficient (Wildman–Crippen LogP) is 4.63. The van der Waals surface area contributed by atoms with E-state index >= 15 is 0 Å². The fraction of sp³-hybridized carbons (Fsp3) is 0.143. The summed E-state index contributed by atoms with van der Waals surface area (Å²) in [5, 5.41) is 10.2. The number of halogens is 3. The summed E-state index contributed by atoms with van der Waals surface area (Å²) in [7, 11) is 0. The van der Waals surface area contributed by atoms with E-state index in [4.69, 9.17) is 0 Å². The van der Waals surface area contributed by atoms with Gasteiger partial charge in [0, 0.05) is 15.4 Å². The van der Waals surface area contributed by atoms with Gasteiger partial charge in [-0.25, -0.2) is 4.39 Å². The maximum absolute atomic E-state index is 13.2. The van der Waals surface area contributed by atoms with E-state index in [1.165, 1.54) is 12.1 Å². The van der Waals surface area contributed by atoms with E-state index < -0.39 is 6.10 Å². The van der Waals surface area contributed by atoms with Crippen LogP contribution in [0.4, 0.5) is 4.39 Å². The summed E-state index contributed by atoms with van der Waals surface area (Å²) < 4.78 is 14.8. The molecule has 1 N–H and O–H groups in total. The molecule has 0 heterocycles. The molecule has 4 heteroatoms. The molecular weight excluding hydrogens is 363 g/mol. The quantitative estimate of drug-likeness (QED) is 0.831. The highest BCUT2D eigenvalue weighted by atomic mass is 79.9. The van der Waals surface area contributed by atoms with Gasteiger partial charge in [0.1, 0.15) is 5.82 Å². The molecule has 0 fully saturated rings. The predicted molar refractivity (Wildman–Crippen MR) is 76.9 cm³/mol. The first-order chi connectivity index (χ1) is 8.58. The molecule has 0 amide bonds. The van der Waals surface area contributed by atoms with E-state index in [2.05, 4.69) is 31.9 Å². The van der Waals surface area contributed by atoms with Crippen molar-refractivity contribution in [1.29, 1.82) is 0 Å². The SMILES string of the molecule is OC(Cc1cc(F)ccc1Br)c1ccccc1Br. The van der Waals surface area contributed by atoms with Gasteiger partial charge in [-0.15, -0.1) is 0 Å². The number of benzene rings is 2. The molecule has 0 spiro atoms. The molecular formula is C14H11Br2FO. The largest absolute Gasteiger partial charge is 0.388 e. The Bertz CT molecular complexity index is 557. The Labute approximate surface area is 122 Å². The zero-order chi connectivity index (χ0) is 13.1. The Balaban J connectivity index is 2.24. The summed E-state index contributed by atoms with van der Waals surface area (Å²) in [6.07, 6.45) is -0.306. The van der Waals surface area contributed by atoms with Crippen LogP contribution >= 0.6 is 31.9 Å². The average Bonchev–Trinajstić information content (AvgIpc) is 2.34. The lowest BCUT2D eigenvalue weighted by Gasteiger charge is -2.14. The molecule has 0 aliphatic heterocycles. The summed E-state index contributed by atoms with van der Waals surface area (Å²) >= 11 is 6.76. The van der Waals surface area contributed by atoms with Gasteiger partial charge >= 0.3 is 0 Å². The summed E-state index contributed by atoms with van der Waals surface area (Å²) in [6, 6.07) is 11.9. The molecule has 0 aliphatic rings. The fourth-order valence-corrected chi connectivity index (χ4v) is 2.72. The second-order valence-corrected chi connectivity index (χ2v) is 5.69. The van der Waals surface area contributed by atoms with E-state index in [0.717, 1.165) is 20.1 Å². The minimum Gasteiger partial charge on any atom is -0.388 e. The van der Waals surface area contributed by atoms with E-state index in [1.54, 1.807) is 6.07 Å². The number of hydrogen-bond acceptors (Lipinski definition) is 1. The Kier molecular flexibility index (Phi) is 4.54. The van der Waals surface area contributed by atoms with Crippen LogP contribution in [0.15, 0.2) is 51.4 Å². The van der Waals surface area contributed by atoms with Crippen LogP contribution < -0.4 is 0 Å². The van der Waals surface area contributed by atoms with Crippen molar-refractivity contribution in [3.8, 4) is 0 Å². The maximum Gasteiger partial charge on any atom is 0.123 e. The second kappa shape index (κ2) is 5.95. The van der Waals surface area contributed by atoms with Crippen molar-refractivity contribution in [2.45, 2.75) is 12.5 Å². The molecule has 1 unspecified atom stereocenters. The molecule has 0 saturated heterocycles. The molecule has 94 valence electrons. The van der Waals surface area contributed by atoms with Crippen molar-refractivity contribution in [2.75, 3.05) is 0 Å². The Morgan fingerprint density at radius 1 is 1.06 bits per heavy atom. The standard InChI is InChI=1S/C14H11Br2FO/c15-12-6-5-10(17)7-9(12)8-14(18)11-3-1-2-4-13(11)16/h1-7,14,18H,8H2. The summed E-state index contributed by atoms with van der Waals surface area (Å²) in [5.41, 5.74) is 1.55. The lowest BCUT2D eigenvalue weighted by Crippen LogP contribution is -2.03. The monoisotopic (exact) mass is 372 g/mol. The van der Waals surface area contributed by atoms with Gasteiger partial charge < -0.3 is 5.11 Å². The van der Waals surface area contributed by atoms with Gasteiger partial charge in [0.05, 0.1) is 6.10 Å². The first kappa shape index (κ1) is 13.7. The van der Waals surface area contributed by atoms with Crippen LogP contribution in [0, 0.1) is 5.82 Å². The van der Waals surface area contributed by atoms with E-state index in [9.17, 15) is 9.50 Å². The summed E-state index contributed by atoms with van der Waals surface area (Å²) in [6.45, 7) is 0. The van der Waals surface area contributed by atoms with Crippen LogP contribution in [0.1, 0.15) is 17.2 Å². The van der Waals surface area contributed by atoms with Crippen LogP contribution in [-0.2, 0) is 6.42 Å². The molecule has 0 aliphatic carbocycles. The van der Waals surface area contributed by atoms with Crippen molar-refractivity contribution < 1.29 is 9.50 Å². The van der Waals surface area contributed by atoms with Crippen molar-refractivity contribution >= 4 is 31.9 Å². The third kappa shape index (κ3) is 3.19. The number of hydrogen-bond donors (Lipinski definition) is 1. The van der Waals surface area contributed by atoms with Gasteiger partial charge in [0.2, 0.25) is 0 Å². The summed E-state index contributed by atoms with van der Waals surface area (Å²) in [5.74, 6) is -0.299. The van der Waals surface area contributed by atoms with Gasteiger partial charge in [-0.3, -0.25) is 0 Å². The highest BCUT2D eigenvalue weighted by Gasteiger charge is 2.13. The zero-order valence-electron chi connectivity index (χ0n) is 9.41. The number of aliphatic hydroxyl groups is 1. The van der Waals surface area contributed by atoms with Crippen molar-refractivity contribution in [3.63, 3.8) is 0 Å². The Morgan fingerprint density at radius 2 is 1.78 bits per heavy atom. The third-order valence-electron chi connectivity index (χ3n) is 2.69. The van der Waals surface area contributed by atoms with Gasteiger partial charge in [-0.2, -0.15) is 0 Å². The highest BCUT2D eigenvalue weighted by molar-refractivity contribution is 9.10. The lowest BCUT2D eigenvalue weighted by atomic mass is 10.0. The maximum atomic E-state index is 13.2. The van der Waals surface area contributed by atoms with Crippen molar-refractivity contribution in [1.82, 2.24) is 0 Å². The minimum absolute atomic E-state index is 0.299. The number of aliphatic hydroxyl groups excluding tert-OH is 1. The van der Waals surface area contributed by atoms with Crippen LogP contribution in [-0.4, -0.2) is 5.11 Å². The van der Waals surface area contributed by atoms with Gasteiger partial charge in [-0.05, 0) is 35.4 Å². The van der Waals surface area contributed by atoms with Crippen molar-refractivity contribution in [3.05, 3.63) is 68.4 Å². The van der Waals surface area contributed by atoms with Crippen LogP contribution in [0.2, 0.25) is 0 Å². The molecule has 2 aromatic carbocycles. The fourth-order valence-electron chi connectivity index (χ4n) is 1.76. The van der Waals surface area contributed by atoms with Crippen LogP contribution in [0.25, 0.3) is 0 Å². The topological polar surface area (TPSA) is 20.2 Å². The first-order valence-corrected chi connectivity index (χ1v) is 7.03. The molecule has 1 nitrogen and oxygen atoms in total. The minimum atomic E-state index is -0.668. The lowest BCUT2D eigenvalue weighted by molar-refractivity contribution is 0.177. The van der Waals surface area contributed by atoms with Gasteiger partial charge in [0.15, 0.2) is 0 Å². The van der Waals surface area contributed by atoms with E-state index in [1.807, 2.05) is 24.3 Å². The van der Waals surface area contributed by atoms with Gasteiger partial charge in [-0.1, -0.05) is 50.1 Å². The van der Waals surface area contributed by atoms with Gasteiger partial charge in [0.25, 0.3) is 0 Å². The number of rotatable bonds is 3. The highest BCUT2D eigenvalue weighted by Crippen LogP contribution is 2.28. The Morgan fingerprint density at radius 3 is 2.50 bits per heavy atom. The summed E-state index contributed by atoms with van der Waals surface area (Å²) in [4.78, 5) is 0. The molecule has 0 bridgehead atoms. The van der Waals surface area contributed by atoms with E-state index in [-0.39, 0.29) is 5.82 Å². The molecule has 0 radical (unpaired) electrons. The normalized spacial score (nSPS) is 12.4. The van der Waals surface area contributed by atoms with Crippen LogP contribution in [0.5, 0.6) is 0 Å². The smallest absolute Gasteiger partial charge is 0.123 e. The van der Waals surface area contributed by atoms with E-state index in [0.29, 0.717) is 6.42 Å². The molecule has 2 aromatic rings. The third-order valence-corrected chi connectivity index (χ3v) is 4.18. The molecule has 2 rings (SSSR count).